The highest BCUT2D eigenvalue weighted by molar-refractivity contribution is 8.18. The van der Waals surface area contributed by atoms with Gasteiger partial charge in [-0.1, -0.05) is 84.9 Å². The molecule has 1 heterocycles. The quantitative estimate of drug-likeness (QED) is 0.115. The van der Waals surface area contributed by atoms with Crippen LogP contribution in [-0.4, -0.2) is 28.6 Å². The minimum atomic E-state index is -0.495. The Morgan fingerprint density at radius 1 is 0.805 bits per heavy atom. The summed E-state index contributed by atoms with van der Waals surface area (Å²) in [6, 6.07) is 31.9. The normalized spacial score (nSPS) is 14.3. The Labute approximate surface area is 241 Å². The first-order valence-electron chi connectivity index (χ1n) is 13.2. The number of esters is 1. The first kappa shape index (κ1) is 26.3. The molecule has 1 fully saturated rings. The largest absolute Gasteiger partial charge is 0.490 e. The Hall–Kier alpha value is -4.88. The molecule has 0 aromatic heterocycles. The van der Waals surface area contributed by atoms with E-state index in [-0.39, 0.29) is 23.4 Å². The predicted octanol–water partition coefficient (Wildman–Crippen LogP) is 7.85. The molecule has 0 bridgehead atoms. The molecule has 41 heavy (non-hydrogen) atoms. The first-order valence-corrected chi connectivity index (χ1v) is 14.0. The van der Waals surface area contributed by atoms with Gasteiger partial charge in [-0.05, 0) is 75.6 Å². The summed E-state index contributed by atoms with van der Waals surface area (Å²) in [5, 5.41) is 3.48. The molecule has 0 atom stereocenters. The molecular weight excluding hydrogens is 534 g/mol. The fraction of sp³-hybridized carbons (Fsp3) is 0.0882. The summed E-state index contributed by atoms with van der Waals surface area (Å²) in [5.41, 5.74) is 2.01. The molecule has 1 aliphatic heterocycles. The molecule has 202 valence electrons. The molecule has 7 heteroatoms. The third-order valence-corrected chi connectivity index (χ3v) is 7.77. The second-order valence-corrected chi connectivity index (χ2v) is 10.5. The number of hydrogen-bond donors (Lipinski definition) is 0. The molecule has 0 unspecified atom stereocenters. The maximum Gasteiger partial charge on any atom is 0.344 e. The molecule has 5 aromatic rings. The van der Waals surface area contributed by atoms with Crippen molar-refractivity contribution >= 4 is 56.5 Å². The van der Waals surface area contributed by atoms with Crippen molar-refractivity contribution in [1.82, 2.24) is 4.90 Å². The number of thioether (sulfide) groups is 1. The summed E-state index contributed by atoms with van der Waals surface area (Å²) in [7, 11) is 0. The molecule has 0 spiro atoms. The monoisotopic (exact) mass is 559 g/mol. The standard InChI is InChI=1S/C34H25NO5S/c1-2-39-30-19-22(17-18-29(30)40-33(37)28-16-8-12-24-10-4-6-15-27(24)28)20-31-32(36)35(34(38)41-31)21-25-13-7-11-23-9-3-5-14-26(23)25/h3-20H,2,21H2,1H3/b31-20-. The van der Waals surface area contributed by atoms with Gasteiger partial charge in [0.2, 0.25) is 0 Å². The maximum absolute atomic E-state index is 13.3. The second kappa shape index (κ2) is 11.3. The number of nitrogens with zero attached hydrogens (tertiary/aromatic N) is 1. The summed E-state index contributed by atoms with van der Waals surface area (Å²) in [6.07, 6.45) is 1.66. The molecule has 6 nitrogen and oxygen atoms in total. The highest BCUT2D eigenvalue weighted by Crippen LogP contribution is 2.36. The van der Waals surface area contributed by atoms with Crippen LogP contribution >= 0.6 is 11.8 Å². The van der Waals surface area contributed by atoms with E-state index in [0.717, 1.165) is 38.9 Å². The number of ether oxygens (including phenoxy) is 2. The van der Waals surface area contributed by atoms with Crippen LogP contribution < -0.4 is 9.47 Å². The number of rotatable bonds is 7. The number of carbonyl (C=O) groups is 3. The Morgan fingerprint density at radius 3 is 2.27 bits per heavy atom. The topological polar surface area (TPSA) is 72.9 Å². The molecule has 0 aliphatic carbocycles. The Morgan fingerprint density at radius 2 is 1.49 bits per heavy atom. The van der Waals surface area contributed by atoms with Crippen LogP contribution in [0.3, 0.4) is 0 Å². The van der Waals surface area contributed by atoms with E-state index in [1.54, 1.807) is 30.3 Å². The van der Waals surface area contributed by atoms with Crippen molar-refractivity contribution in [3.05, 3.63) is 125 Å². The van der Waals surface area contributed by atoms with Crippen molar-refractivity contribution < 1.29 is 23.9 Å². The lowest BCUT2D eigenvalue weighted by molar-refractivity contribution is -0.123. The zero-order chi connectivity index (χ0) is 28.3. The molecule has 0 N–H and O–H groups in total. The number of imide groups is 1. The zero-order valence-corrected chi connectivity index (χ0v) is 23.0. The third kappa shape index (κ3) is 5.32. The SMILES string of the molecule is CCOc1cc(/C=C2\SC(=O)N(Cc3cccc4ccccc34)C2=O)ccc1OC(=O)c1cccc2ccccc12. The second-order valence-electron chi connectivity index (χ2n) is 9.46. The van der Waals surface area contributed by atoms with Gasteiger partial charge in [-0.15, -0.1) is 0 Å². The Bertz CT molecular complexity index is 1850. The van der Waals surface area contributed by atoms with E-state index in [2.05, 4.69) is 0 Å². The van der Waals surface area contributed by atoms with E-state index < -0.39 is 5.97 Å². The fourth-order valence-corrected chi connectivity index (χ4v) is 5.75. The van der Waals surface area contributed by atoms with Gasteiger partial charge in [0, 0.05) is 0 Å². The smallest absolute Gasteiger partial charge is 0.344 e. The number of hydrogen-bond acceptors (Lipinski definition) is 6. The van der Waals surface area contributed by atoms with E-state index in [4.69, 9.17) is 9.47 Å². The summed E-state index contributed by atoms with van der Waals surface area (Å²) in [5.74, 6) is -0.210. The van der Waals surface area contributed by atoms with E-state index in [9.17, 15) is 14.4 Å². The third-order valence-electron chi connectivity index (χ3n) is 6.86. The van der Waals surface area contributed by atoms with Crippen LogP contribution in [0.1, 0.15) is 28.4 Å². The van der Waals surface area contributed by atoms with Gasteiger partial charge in [-0.2, -0.15) is 0 Å². The fourth-order valence-electron chi connectivity index (χ4n) is 4.91. The van der Waals surface area contributed by atoms with Gasteiger partial charge in [0.15, 0.2) is 11.5 Å². The van der Waals surface area contributed by atoms with E-state index in [1.807, 2.05) is 85.8 Å². The molecular formula is C34H25NO5S. The molecule has 0 saturated carbocycles. The average molecular weight is 560 g/mol. The van der Waals surface area contributed by atoms with Crippen LogP contribution in [0, 0.1) is 0 Å². The lowest BCUT2D eigenvalue weighted by Gasteiger charge is -2.14. The van der Waals surface area contributed by atoms with E-state index in [0.29, 0.717) is 28.4 Å². The van der Waals surface area contributed by atoms with Crippen LogP contribution in [0.25, 0.3) is 27.6 Å². The van der Waals surface area contributed by atoms with Crippen LogP contribution in [0.2, 0.25) is 0 Å². The number of amides is 2. The molecule has 1 saturated heterocycles. The lowest BCUT2D eigenvalue weighted by Crippen LogP contribution is -2.27. The summed E-state index contributed by atoms with van der Waals surface area (Å²) < 4.78 is 11.5. The lowest BCUT2D eigenvalue weighted by atomic mass is 10.0. The van der Waals surface area contributed by atoms with Gasteiger partial charge in [0.05, 0.1) is 23.6 Å². The minimum Gasteiger partial charge on any atom is -0.490 e. The first-order chi connectivity index (χ1) is 20.0. The molecule has 2 amide bonds. The van der Waals surface area contributed by atoms with Gasteiger partial charge in [0.25, 0.3) is 11.1 Å². The summed E-state index contributed by atoms with van der Waals surface area (Å²) >= 11 is 0.906. The van der Waals surface area contributed by atoms with Crippen LogP contribution in [0.5, 0.6) is 11.5 Å². The van der Waals surface area contributed by atoms with E-state index in [1.165, 1.54) is 4.90 Å². The predicted molar refractivity (Wildman–Crippen MR) is 162 cm³/mol. The Kier molecular flexibility index (Phi) is 7.27. The molecule has 5 aromatic carbocycles. The van der Waals surface area contributed by atoms with Crippen molar-refractivity contribution in [2.24, 2.45) is 0 Å². The van der Waals surface area contributed by atoms with E-state index >= 15 is 0 Å². The minimum absolute atomic E-state index is 0.191. The van der Waals surface area contributed by atoms with Crippen LogP contribution in [0.15, 0.2) is 108 Å². The number of carbonyl (C=O) groups excluding carboxylic acids is 3. The van der Waals surface area contributed by atoms with Gasteiger partial charge < -0.3 is 9.47 Å². The van der Waals surface area contributed by atoms with Crippen LogP contribution in [-0.2, 0) is 11.3 Å². The number of fused-ring (bicyclic) bond motifs is 2. The molecule has 6 rings (SSSR count). The summed E-state index contributed by atoms with van der Waals surface area (Å²) in [6.45, 7) is 2.38. The van der Waals surface area contributed by atoms with Crippen LogP contribution in [0.4, 0.5) is 4.79 Å². The van der Waals surface area contributed by atoms with Crippen molar-refractivity contribution in [2.75, 3.05) is 6.61 Å². The van der Waals surface area contributed by atoms with Gasteiger partial charge in [-0.3, -0.25) is 14.5 Å². The molecule has 1 aliphatic rings. The van der Waals surface area contributed by atoms with Crippen molar-refractivity contribution in [3.63, 3.8) is 0 Å². The number of benzene rings is 5. The maximum atomic E-state index is 13.3. The average Bonchev–Trinajstić information content (AvgIpc) is 3.25. The van der Waals surface area contributed by atoms with Crippen molar-refractivity contribution in [2.45, 2.75) is 13.5 Å². The Balaban J connectivity index is 1.24. The van der Waals surface area contributed by atoms with Crippen molar-refractivity contribution in [3.8, 4) is 11.5 Å². The van der Waals surface area contributed by atoms with Gasteiger partial charge in [-0.25, -0.2) is 4.79 Å². The molecule has 0 radical (unpaired) electrons. The van der Waals surface area contributed by atoms with Gasteiger partial charge >= 0.3 is 5.97 Å². The summed E-state index contributed by atoms with van der Waals surface area (Å²) in [4.78, 5) is 40.8. The highest BCUT2D eigenvalue weighted by Gasteiger charge is 2.35. The zero-order valence-electron chi connectivity index (χ0n) is 22.2. The highest BCUT2D eigenvalue weighted by atomic mass is 32.2. The van der Waals surface area contributed by atoms with Crippen molar-refractivity contribution in [1.29, 1.82) is 0 Å². The van der Waals surface area contributed by atoms with Gasteiger partial charge in [0.1, 0.15) is 0 Å².